The maximum Gasteiger partial charge on any atom is 0.305 e. The van der Waals surface area contributed by atoms with E-state index in [1.165, 1.54) is 7.11 Å². The summed E-state index contributed by atoms with van der Waals surface area (Å²) in [6, 6.07) is 0. The van der Waals surface area contributed by atoms with E-state index in [1.807, 2.05) is 20.8 Å². The van der Waals surface area contributed by atoms with Crippen LogP contribution in [0.1, 0.15) is 33.6 Å². The molecule has 2 rings (SSSR count). The first-order valence-corrected chi connectivity index (χ1v) is 10.9. The highest BCUT2D eigenvalue weighted by Gasteiger charge is 2.50. The largest absolute Gasteiger partial charge is 0.469 e. The van der Waals surface area contributed by atoms with Crippen molar-refractivity contribution in [3.05, 3.63) is 0 Å². The number of methoxy groups -OCH3 is 1. The van der Waals surface area contributed by atoms with E-state index in [2.05, 4.69) is 9.47 Å². The van der Waals surface area contributed by atoms with Gasteiger partial charge in [-0.05, 0) is 6.42 Å². The van der Waals surface area contributed by atoms with Crippen molar-refractivity contribution >= 4 is 12.4 Å². The Labute approximate surface area is 197 Å². The number of aliphatic hydroxyl groups excluding tert-OH is 7. The summed E-state index contributed by atoms with van der Waals surface area (Å²) in [5, 5.41) is 67.9. The van der Waals surface area contributed by atoms with Crippen LogP contribution in [0.4, 0.5) is 0 Å². The molecule has 2 saturated heterocycles. The molecule has 0 aromatic carbocycles. The molecule has 34 heavy (non-hydrogen) atoms. The summed E-state index contributed by atoms with van der Waals surface area (Å²) in [6.45, 7) is 4.90. The predicted octanol–water partition coefficient (Wildman–Crippen LogP) is -3.23. The molecule has 2 aliphatic heterocycles. The van der Waals surface area contributed by atoms with Crippen molar-refractivity contribution in [3.63, 3.8) is 0 Å². The van der Waals surface area contributed by atoms with Gasteiger partial charge in [-0.25, -0.2) is 0 Å². The third-order valence-corrected chi connectivity index (χ3v) is 4.81. The van der Waals surface area contributed by atoms with E-state index in [1.54, 1.807) is 0 Å². The minimum Gasteiger partial charge on any atom is -0.469 e. The van der Waals surface area contributed by atoms with Gasteiger partial charge in [-0.15, -0.1) is 0 Å². The lowest BCUT2D eigenvalue weighted by molar-refractivity contribution is -0.355. The van der Waals surface area contributed by atoms with Crippen LogP contribution in [-0.2, 0) is 33.3 Å². The Kier molecular flexibility index (Phi) is 16.3. The monoisotopic (exact) mass is 502 g/mol. The number of carbonyl (C=O) groups is 2. The second kappa shape index (κ2) is 17.0. The van der Waals surface area contributed by atoms with Crippen LogP contribution in [0.2, 0.25) is 0 Å². The van der Waals surface area contributed by atoms with Gasteiger partial charge in [0.15, 0.2) is 12.6 Å². The fraction of sp³-hybridized carbons (Fsp3) is 0.900. The Morgan fingerprint density at radius 1 is 0.912 bits per heavy atom. The van der Waals surface area contributed by atoms with Gasteiger partial charge >= 0.3 is 5.97 Å². The number of carbonyl (C=O) groups excluding carboxylic acids is 2. The molecule has 14 nitrogen and oxygen atoms in total. The highest BCUT2D eigenvalue weighted by Crippen LogP contribution is 2.28. The van der Waals surface area contributed by atoms with Gasteiger partial charge in [0.25, 0.3) is 6.47 Å². The maximum absolute atomic E-state index is 10.3. The molecule has 0 spiro atoms. The highest BCUT2D eigenvalue weighted by atomic mass is 16.7. The number of hydrogen-bond donors (Lipinski definition) is 7. The predicted molar refractivity (Wildman–Crippen MR) is 112 cm³/mol. The van der Waals surface area contributed by atoms with Crippen molar-refractivity contribution in [1.29, 1.82) is 0 Å². The number of aliphatic hydroxyl groups is 7. The zero-order chi connectivity index (χ0) is 26.4. The molecule has 7 N–H and O–H groups in total. The lowest BCUT2D eigenvalue weighted by Crippen LogP contribution is -2.64. The van der Waals surface area contributed by atoms with Crippen LogP contribution in [0, 0.1) is 0 Å². The topological polar surface area (TPSA) is 222 Å². The lowest BCUT2D eigenvalue weighted by Gasteiger charge is -2.45. The standard InChI is InChI=1S/C13H22O12.C5H10O2.C2H6/c14-1-4-6(16)7(17)10(20)13(24-4)25-11-5(2-22-3-15)23-12(21)9(19)8(11)18;1-3-4-5(6)7-2;1-2/h3-14,16-21H,1-2H2;3-4H2,1-2H3;1-2H3. The molecule has 0 radical (unpaired) electrons. The van der Waals surface area contributed by atoms with Crippen molar-refractivity contribution in [2.45, 2.75) is 95.0 Å². The fourth-order valence-corrected chi connectivity index (χ4v) is 3.00. The highest BCUT2D eigenvalue weighted by molar-refractivity contribution is 5.68. The normalized spacial score (nSPS) is 37.3. The van der Waals surface area contributed by atoms with E-state index in [4.69, 9.17) is 19.3 Å². The van der Waals surface area contributed by atoms with Crippen molar-refractivity contribution in [3.8, 4) is 0 Å². The van der Waals surface area contributed by atoms with Gasteiger partial charge in [-0.2, -0.15) is 0 Å². The van der Waals surface area contributed by atoms with E-state index in [0.29, 0.717) is 6.42 Å². The van der Waals surface area contributed by atoms with Gasteiger partial charge in [-0.1, -0.05) is 20.8 Å². The van der Waals surface area contributed by atoms with Gasteiger partial charge in [0.05, 0.1) is 13.7 Å². The fourth-order valence-electron chi connectivity index (χ4n) is 3.00. The number of ether oxygens (including phenoxy) is 5. The quantitative estimate of drug-likeness (QED) is 0.128. The molecule has 0 aromatic heterocycles. The Morgan fingerprint density at radius 2 is 1.53 bits per heavy atom. The van der Waals surface area contributed by atoms with Gasteiger partial charge in [0.1, 0.15) is 55.4 Å². The summed E-state index contributed by atoms with van der Waals surface area (Å²) in [5.41, 5.74) is 0. The zero-order valence-electron chi connectivity index (χ0n) is 19.7. The first-order valence-electron chi connectivity index (χ1n) is 10.9. The Bertz CT molecular complexity index is 561. The molecular formula is C20H38O14. The molecule has 10 unspecified atom stereocenters. The van der Waals surface area contributed by atoms with Crippen molar-refractivity contribution < 1.29 is 69.0 Å². The molecule has 202 valence electrons. The van der Waals surface area contributed by atoms with E-state index in [9.17, 15) is 40.2 Å². The van der Waals surface area contributed by atoms with Crippen LogP contribution in [0.3, 0.4) is 0 Å². The molecule has 0 aromatic rings. The summed E-state index contributed by atoms with van der Waals surface area (Å²) in [7, 11) is 1.40. The second-order valence-electron chi connectivity index (χ2n) is 7.10. The second-order valence-corrected chi connectivity index (χ2v) is 7.10. The Morgan fingerprint density at radius 3 is 2.00 bits per heavy atom. The van der Waals surface area contributed by atoms with Crippen LogP contribution in [0.25, 0.3) is 0 Å². The minimum absolute atomic E-state index is 0.0953. The summed E-state index contributed by atoms with van der Waals surface area (Å²) >= 11 is 0. The molecule has 2 fully saturated rings. The van der Waals surface area contributed by atoms with E-state index in [-0.39, 0.29) is 12.4 Å². The zero-order valence-corrected chi connectivity index (χ0v) is 19.7. The molecule has 10 atom stereocenters. The average Bonchev–Trinajstić information content (AvgIpc) is 2.85. The first kappa shape index (κ1) is 32.5. The maximum atomic E-state index is 10.3. The first-order chi connectivity index (χ1) is 16.1. The minimum atomic E-state index is -1.77. The van der Waals surface area contributed by atoms with E-state index in [0.717, 1.165) is 6.42 Å². The van der Waals surface area contributed by atoms with E-state index < -0.39 is 74.6 Å². The Balaban J connectivity index is 0.00000104. The molecular weight excluding hydrogens is 464 g/mol. The number of hydrogen-bond acceptors (Lipinski definition) is 14. The average molecular weight is 503 g/mol. The van der Waals surface area contributed by atoms with Gasteiger partial charge in [0, 0.05) is 6.42 Å². The summed E-state index contributed by atoms with van der Waals surface area (Å²) < 4.78 is 24.3. The van der Waals surface area contributed by atoms with Crippen LogP contribution in [-0.4, -0.2) is 130 Å². The lowest BCUT2D eigenvalue weighted by atomic mass is 9.97. The third kappa shape index (κ3) is 9.30. The van der Waals surface area contributed by atoms with Gasteiger partial charge in [-0.3, -0.25) is 9.59 Å². The van der Waals surface area contributed by atoms with Crippen LogP contribution in [0.15, 0.2) is 0 Å². The van der Waals surface area contributed by atoms with Crippen LogP contribution >= 0.6 is 0 Å². The molecule has 0 aliphatic carbocycles. The number of esters is 1. The molecule has 2 aliphatic rings. The number of rotatable bonds is 8. The van der Waals surface area contributed by atoms with Crippen LogP contribution < -0.4 is 0 Å². The van der Waals surface area contributed by atoms with E-state index >= 15 is 0 Å². The van der Waals surface area contributed by atoms with Crippen molar-refractivity contribution in [2.75, 3.05) is 20.3 Å². The molecule has 0 saturated carbocycles. The van der Waals surface area contributed by atoms with Crippen molar-refractivity contribution in [1.82, 2.24) is 0 Å². The van der Waals surface area contributed by atoms with Crippen LogP contribution in [0.5, 0.6) is 0 Å². The smallest absolute Gasteiger partial charge is 0.305 e. The molecule has 2 heterocycles. The Hall–Kier alpha value is -1.46. The van der Waals surface area contributed by atoms with Crippen molar-refractivity contribution in [2.24, 2.45) is 0 Å². The molecule has 0 amide bonds. The summed E-state index contributed by atoms with van der Waals surface area (Å²) in [4.78, 5) is 20.5. The SMILES string of the molecule is CC.CCCC(=O)OC.O=COCC1OC(O)C(O)C(O)C1OC1OC(CO)C(O)C(O)C1O. The summed E-state index contributed by atoms with van der Waals surface area (Å²) in [6.07, 6.45) is -14.4. The summed E-state index contributed by atoms with van der Waals surface area (Å²) in [5.74, 6) is -0.123. The molecule has 0 bridgehead atoms. The van der Waals surface area contributed by atoms with Gasteiger partial charge < -0.3 is 59.4 Å². The van der Waals surface area contributed by atoms with Gasteiger partial charge in [0.2, 0.25) is 0 Å². The molecule has 14 heteroatoms. The third-order valence-electron chi connectivity index (χ3n) is 4.81.